The summed E-state index contributed by atoms with van der Waals surface area (Å²) in [5.74, 6) is -2.57. The number of benzene rings is 2. The number of halogens is 4. The highest BCUT2D eigenvalue weighted by Gasteiger charge is 2.31. The molecule has 1 atom stereocenters. The first kappa shape index (κ1) is 25.2. The first-order chi connectivity index (χ1) is 14.9. The molecule has 0 bridgehead atoms. The molecule has 2 amide bonds. The van der Waals surface area contributed by atoms with Crippen molar-refractivity contribution in [3.8, 4) is 0 Å². The van der Waals surface area contributed by atoms with Gasteiger partial charge in [-0.1, -0.05) is 43.1 Å². The molecule has 0 fully saturated rings. The molecule has 0 saturated heterocycles. The number of hydrogen-bond acceptors (Lipinski definition) is 4. The second kappa shape index (κ2) is 10.5. The summed E-state index contributed by atoms with van der Waals surface area (Å²) in [5, 5.41) is 4.65. The fourth-order valence-electron chi connectivity index (χ4n) is 2.72. The molecule has 0 saturated carbocycles. The number of carbonyl (C=O) groups is 3. The molecule has 6 nitrogen and oxygen atoms in total. The summed E-state index contributed by atoms with van der Waals surface area (Å²) in [5.41, 5.74) is -0.0322. The smallest absolute Gasteiger partial charge is 0.416 e. The van der Waals surface area contributed by atoms with E-state index in [4.69, 9.17) is 16.3 Å². The molecule has 2 N–H and O–H groups in total. The zero-order chi connectivity index (χ0) is 24.1. The van der Waals surface area contributed by atoms with Crippen LogP contribution in [0.1, 0.15) is 35.3 Å². The molecular weight excluding hydrogens is 449 g/mol. The van der Waals surface area contributed by atoms with Crippen molar-refractivity contribution in [2.24, 2.45) is 5.92 Å². The molecule has 0 spiro atoms. The molecular formula is C22H22ClF3N2O4. The maximum Gasteiger partial charge on any atom is 0.416 e. The molecule has 2 aromatic carbocycles. The Morgan fingerprint density at radius 2 is 1.78 bits per heavy atom. The van der Waals surface area contributed by atoms with Crippen LogP contribution in [0.4, 0.5) is 18.9 Å². The summed E-state index contributed by atoms with van der Waals surface area (Å²) in [4.78, 5) is 37.0. The van der Waals surface area contributed by atoms with Gasteiger partial charge in [0.15, 0.2) is 6.61 Å². The van der Waals surface area contributed by atoms with E-state index in [0.29, 0.717) is 11.6 Å². The lowest BCUT2D eigenvalue weighted by molar-refractivity contribution is -0.150. The third kappa shape index (κ3) is 6.98. The Kier molecular flexibility index (Phi) is 8.26. The topological polar surface area (TPSA) is 84.5 Å². The highest BCUT2D eigenvalue weighted by molar-refractivity contribution is 6.33. The molecule has 2 rings (SSSR count). The number of rotatable bonds is 7. The summed E-state index contributed by atoms with van der Waals surface area (Å²) < 4.78 is 43.5. The van der Waals surface area contributed by atoms with Crippen molar-refractivity contribution >= 4 is 35.1 Å². The first-order valence-electron chi connectivity index (χ1n) is 9.59. The van der Waals surface area contributed by atoms with Gasteiger partial charge in [0.05, 0.1) is 16.3 Å². The van der Waals surface area contributed by atoms with Crippen LogP contribution in [0.25, 0.3) is 0 Å². The van der Waals surface area contributed by atoms with Crippen molar-refractivity contribution in [2.45, 2.75) is 33.0 Å². The molecule has 0 aliphatic heterocycles. The van der Waals surface area contributed by atoms with E-state index in [1.165, 1.54) is 0 Å². The van der Waals surface area contributed by atoms with Gasteiger partial charge in [-0.05, 0) is 43.2 Å². The van der Waals surface area contributed by atoms with E-state index in [9.17, 15) is 27.6 Å². The van der Waals surface area contributed by atoms with Gasteiger partial charge in [-0.25, -0.2) is 4.79 Å². The van der Waals surface area contributed by atoms with Gasteiger partial charge < -0.3 is 15.4 Å². The molecule has 0 aromatic heterocycles. The van der Waals surface area contributed by atoms with Crippen molar-refractivity contribution in [3.05, 3.63) is 64.2 Å². The van der Waals surface area contributed by atoms with E-state index >= 15 is 0 Å². The zero-order valence-electron chi connectivity index (χ0n) is 17.5. The predicted octanol–water partition coefficient (Wildman–Crippen LogP) is 4.60. The fourth-order valence-corrected chi connectivity index (χ4v) is 2.88. The van der Waals surface area contributed by atoms with Crippen LogP contribution in [-0.4, -0.2) is 30.4 Å². The molecule has 0 aliphatic carbocycles. The summed E-state index contributed by atoms with van der Waals surface area (Å²) in [6.45, 7) is 4.42. The van der Waals surface area contributed by atoms with Crippen LogP contribution in [-0.2, 0) is 20.5 Å². The number of ether oxygens (including phenoxy) is 1. The fraction of sp³-hybridized carbons (Fsp3) is 0.318. The summed E-state index contributed by atoms with van der Waals surface area (Å²) >= 11 is 5.83. The molecule has 0 heterocycles. The number of anilines is 1. The van der Waals surface area contributed by atoms with Gasteiger partial charge >= 0.3 is 12.1 Å². The average molecular weight is 471 g/mol. The van der Waals surface area contributed by atoms with Crippen LogP contribution in [0, 0.1) is 12.8 Å². The van der Waals surface area contributed by atoms with Gasteiger partial charge in [0.1, 0.15) is 6.04 Å². The van der Waals surface area contributed by atoms with Gasteiger partial charge in [0.2, 0.25) is 0 Å². The van der Waals surface area contributed by atoms with Crippen LogP contribution in [0.5, 0.6) is 0 Å². The quantitative estimate of drug-likeness (QED) is 0.579. The summed E-state index contributed by atoms with van der Waals surface area (Å²) in [6, 6.07) is 8.20. The number of aryl methyl sites for hydroxylation is 1. The van der Waals surface area contributed by atoms with E-state index in [-0.39, 0.29) is 16.6 Å². The molecule has 0 aliphatic rings. The summed E-state index contributed by atoms with van der Waals surface area (Å²) in [7, 11) is 0. The number of esters is 1. The largest absolute Gasteiger partial charge is 0.454 e. The van der Waals surface area contributed by atoms with Gasteiger partial charge in [-0.15, -0.1) is 0 Å². The zero-order valence-corrected chi connectivity index (χ0v) is 18.3. The molecule has 32 heavy (non-hydrogen) atoms. The first-order valence-corrected chi connectivity index (χ1v) is 9.97. The van der Waals surface area contributed by atoms with Crippen molar-refractivity contribution < 1.29 is 32.3 Å². The molecule has 2 aromatic rings. The minimum absolute atomic E-state index is 0.108. The Hall–Kier alpha value is -3.07. The number of nitrogens with one attached hydrogen (secondary N) is 2. The van der Waals surface area contributed by atoms with Gasteiger partial charge in [-0.3, -0.25) is 9.59 Å². The van der Waals surface area contributed by atoms with Crippen LogP contribution in [0.2, 0.25) is 5.02 Å². The Bertz CT molecular complexity index is 1010. The number of amides is 2. The minimum Gasteiger partial charge on any atom is -0.454 e. The average Bonchev–Trinajstić information content (AvgIpc) is 2.70. The Morgan fingerprint density at radius 3 is 2.38 bits per heavy atom. The van der Waals surface area contributed by atoms with Gasteiger partial charge in [0, 0.05) is 5.56 Å². The number of alkyl halides is 3. The predicted molar refractivity (Wildman–Crippen MR) is 113 cm³/mol. The van der Waals surface area contributed by atoms with E-state index in [1.54, 1.807) is 32.0 Å². The maximum atomic E-state index is 12.8. The Balaban J connectivity index is 2.00. The standard InChI is InChI=1S/C22H22ClF3N2O4/c1-12(2)19(28-20(30)14-6-4-5-13(3)9-14)21(31)32-11-18(29)27-17-10-15(22(24,25)26)7-8-16(17)23/h4-10,12,19H,11H2,1-3H3,(H,27,29)(H,28,30). The Morgan fingerprint density at radius 1 is 1.09 bits per heavy atom. The third-order valence-electron chi connectivity index (χ3n) is 4.40. The van der Waals surface area contributed by atoms with E-state index in [0.717, 1.165) is 17.7 Å². The van der Waals surface area contributed by atoms with Gasteiger partial charge in [0.25, 0.3) is 11.8 Å². The molecule has 172 valence electrons. The lowest BCUT2D eigenvalue weighted by Crippen LogP contribution is -2.46. The van der Waals surface area contributed by atoms with Crippen LogP contribution < -0.4 is 10.6 Å². The lowest BCUT2D eigenvalue weighted by Gasteiger charge is -2.21. The van der Waals surface area contributed by atoms with Crippen LogP contribution in [0.3, 0.4) is 0 Å². The highest BCUT2D eigenvalue weighted by Crippen LogP contribution is 2.33. The van der Waals surface area contributed by atoms with Crippen molar-refractivity contribution in [1.29, 1.82) is 0 Å². The Labute approximate surface area is 188 Å². The molecule has 10 heteroatoms. The molecule has 1 unspecified atom stereocenters. The second-order valence-electron chi connectivity index (χ2n) is 7.41. The summed E-state index contributed by atoms with van der Waals surface area (Å²) in [6.07, 6.45) is -4.61. The second-order valence-corrected chi connectivity index (χ2v) is 7.82. The maximum absolute atomic E-state index is 12.8. The molecule has 0 radical (unpaired) electrons. The monoisotopic (exact) mass is 470 g/mol. The van der Waals surface area contributed by atoms with Crippen LogP contribution in [0.15, 0.2) is 42.5 Å². The number of carbonyl (C=O) groups excluding carboxylic acids is 3. The SMILES string of the molecule is Cc1cccc(C(=O)NC(C(=O)OCC(=O)Nc2cc(C(F)(F)F)ccc2Cl)C(C)C)c1. The van der Waals surface area contributed by atoms with Crippen molar-refractivity contribution in [3.63, 3.8) is 0 Å². The number of hydrogen-bond donors (Lipinski definition) is 2. The minimum atomic E-state index is -4.61. The third-order valence-corrected chi connectivity index (χ3v) is 4.73. The highest BCUT2D eigenvalue weighted by atomic mass is 35.5. The van der Waals surface area contributed by atoms with Gasteiger partial charge in [-0.2, -0.15) is 13.2 Å². The van der Waals surface area contributed by atoms with E-state index in [2.05, 4.69) is 10.6 Å². The van der Waals surface area contributed by atoms with Crippen molar-refractivity contribution in [1.82, 2.24) is 5.32 Å². The van der Waals surface area contributed by atoms with Crippen molar-refractivity contribution in [2.75, 3.05) is 11.9 Å². The van der Waals surface area contributed by atoms with Crippen LogP contribution >= 0.6 is 11.6 Å². The van der Waals surface area contributed by atoms with E-state index in [1.807, 2.05) is 13.0 Å². The van der Waals surface area contributed by atoms with E-state index < -0.39 is 42.2 Å². The normalized spacial score (nSPS) is 12.2. The lowest BCUT2D eigenvalue weighted by atomic mass is 10.0.